The van der Waals surface area contributed by atoms with Gasteiger partial charge in [-0.3, -0.25) is 0 Å². The molecule has 0 aromatic carbocycles. The van der Waals surface area contributed by atoms with E-state index in [1.54, 1.807) is 6.92 Å². The van der Waals surface area contributed by atoms with E-state index in [2.05, 4.69) is 4.74 Å². The smallest absolute Gasteiger partial charge is 0.374 e. The van der Waals surface area contributed by atoms with Crippen LogP contribution in [0.1, 0.15) is 19.8 Å². The first-order valence-electron chi connectivity index (χ1n) is 4.20. The van der Waals surface area contributed by atoms with Crippen molar-refractivity contribution in [3.8, 4) is 0 Å². The molecule has 80 valence electrons. The van der Waals surface area contributed by atoms with Gasteiger partial charge in [-0.15, -0.1) is 0 Å². The van der Waals surface area contributed by atoms with E-state index in [1.807, 2.05) is 0 Å². The molecule has 4 nitrogen and oxygen atoms in total. The number of halogens is 2. The molecule has 2 unspecified atom stereocenters. The number of ether oxygens (including phenoxy) is 2. The van der Waals surface area contributed by atoms with Gasteiger partial charge in [0.25, 0.3) is 0 Å². The maximum Gasteiger partial charge on any atom is 0.374 e. The molecule has 1 fully saturated rings. The van der Waals surface area contributed by atoms with Crippen LogP contribution >= 0.6 is 0 Å². The van der Waals surface area contributed by atoms with Crippen molar-refractivity contribution in [3.63, 3.8) is 0 Å². The third kappa shape index (κ3) is 2.65. The molecule has 0 aromatic heterocycles. The number of carbonyl (C=O) groups excluding carboxylic acids is 2. The molecule has 0 aromatic rings. The second-order valence-corrected chi connectivity index (χ2v) is 3.05. The van der Waals surface area contributed by atoms with E-state index in [9.17, 15) is 18.4 Å². The van der Waals surface area contributed by atoms with Crippen LogP contribution in [-0.4, -0.2) is 30.6 Å². The Bertz CT molecular complexity index is 241. The molecule has 0 amide bonds. The van der Waals surface area contributed by atoms with Crippen molar-refractivity contribution < 1.29 is 27.8 Å². The van der Waals surface area contributed by atoms with E-state index < -0.39 is 24.5 Å². The second-order valence-electron chi connectivity index (χ2n) is 3.05. The molecule has 0 radical (unpaired) electrons. The number of carbonyl (C=O) groups is 2. The molecule has 2 atom stereocenters. The van der Waals surface area contributed by atoms with E-state index in [-0.39, 0.29) is 12.5 Å². The minimum absolute atomic E-state index is 0.235. The lowest BCUT2D eigenvalue weighted by atomic mass is 10.1. The summed E-state index contributed by atoms with van der Waals surface area (Å²) < 4.78 is 32.5. The third-order valence-electron chi connectivity index (χ3n) is 1.85. The number of hydrogen-bond donors (Lipinski definition) is 0. The van der Waals surface area contributed by atoms with Crippen LogP contribution in [0.5, 0.6) is 0 Å². The zero-order valence-electron chi connectivity index (χ0n) is 7.54. The molecular weight excluding hydrogens is 198 g/mol. The molecule has 1 saturated heterocycles. The SMILES string of the molecule is CC1CCC(OC(=O)C(F)F)C(=O)O1. The van der Waals surface area contributed by atoms with Gasteiger partial charge in [-0.05, 0) is 19.8 Å². The van der Waals surface area contributed by atoms with Gasteiger partial charge in [0.2, 0.25) is 0 Å². The Morgan fingerprint density at radius 3 is 2.71 bits per heavy atom. The van der Waals surface area contributed by atoms with Crippen molar-refractivity contribution in [2.24, 2.45) is 0 Å². The molecular formula is C8H10F2O4. The van der Waals surface area contributed by atoms with Gasteiger partial charge in [0.1, 0.15) is 0 Å². The van der Waals surface area contributed by atoms with E-state index in [0.717, 1.165) is 0 Å². The predicted molar refractivity (Wildman–Crippen MR) is 40.7 cm³/mol. The Morgan fingerprint density at radius 2 is 2.21 bits per heavy atom. The number of esters is 2. The fraction of sp³-hybridized carbons (Fsp3) is 0.750. The Balaban J connectivity index is 2.46. The first kappa shape index (κ1) is 10.9. The van der Waals surface area contributed by atoms with Gasteiger partial charge in [0, 0.05) is 0 Å². The molecule has 1 aliphatic rings. The van der Waals surface area contributed by atoms with Gasteiger partial charge in [0.05, 0.1) is 6.10 Å². The highest BCUT2D eigenvalue weighted by atomic mass is 19.3. The van der Waals surface area contributed by atoms with Gasteiger partial charge in [-0.25, -0.2) is 9.59 Å². The lowest BCUT2D eigenvalue weighted by molar-refractivity contribution is -0.183. The van der Waals surface area contributed by atoms with Crippen molar-refractivity contribution in [1.29, 1.82) is 0 Å². The molecule has 1 heterocycles. The molecule has 0 saturated carbocycles. The van der Waals surface area contributed by atoms with Gasteiger partial charge >= 0.3 is 18.4 Å². The van der Waals surface area contributed by atoms with Crippen LogP contribution in [-0.2, 0) is 19.1 Å². The largest absolute Gasteiger partial charge is 0.460 e. The van der Waals surface area contributed by atoms with Crippen molar-refractivity contribution in [3.05, 3.63) is 0 Å². The van der Waals surface area contributed by atoms with Crippen molar-refractivity contribution in [2.75, 3.05) is 0 Å². The molecule has 1 aliphatic heterocycles. The predicted octanol–water partition coefficient (Wildman–Crippen LogP) is 0.889. The van der Waals surface area contributed by atoms with Gasteiger partial charge < -0.3 is 9.47 Å². The first-order chi connectivity index (χ1) is 6.50. The van der Waals surface area contributed by atoms with Crippen LogP contribution in [0.4, 0.5) is 8.78 Å². The van der Waals surface area contributed by atoms with E-state index in [1.165, 1.54) is 0 Å². The number of rotatable bonds is 2. The Morgan fingerprint density at radius 1 is 1.57 bits per heavy atom. The lowest BCUT2D eigenvalue weighted by Gasteiger charge is -2.25. The monoisotopic (exact) mass is 208 g/mol. The van der Waals surface area contributed by atoms with Gasteiger partial charge in [0.15, 0.2) is 6.10 Å². The standard InChI is InChI=1S/C8H10F2O4/c1-4-2-3-5(7(11)13-4)14-8(12)6(9)10/h4-6H,2-3H2,1H3. The Kier molecular flexibility index (Phi) is 3.38. The topological polar surface area (TPSA) is 52.6 Å². The minimum Gasteiger partial charge on any atom is -0.460 e. The fourth-order valence-corrected chi connectivity index (χ4v) is 1.14. The normalized spacial score (nSPS) is 27.3. The van der Waals surface area contributed by atoms with Gasteiger partial charge in [-0.2, -0.15) is 8.78 Å². The first-order valence-corrected chi connectivity index (χ1v) is 4.20. The molecule has 0 N–H and O–H groups in total. The lowest BCUT2D eigenvalue weighted by Crippen LogP contribution is -2.37. The average Bonchev–Trinajstić information content (AvgIpc) is 2.09. The summed E-state index contributed by atoms with van der Waals surface area (Å²) in [6.07, 6.45) is -3.88. The average molecular weight is 208 g/mol. The van der Waals surface area contributed by atoms with E-state index >= 15 is 0 Å². The molecule has 14 heavy (non-hydrogen) atoms. The summed E-state index contributed by atoms with van der Waals surface area (Å²) in [5.41, 5.74) is 0. The summed E-state index contributed by atoms with van der Waals surface area (Å²) >= 11 is 0. The van der Waals surface area contributed by atoms with Crippen LogP contribution in [0.3, 0.4) is 0 Å². The summed E-state index contributed by atoms with van der Waals surface area (Å²) in [7, 11) is 0. The zero-order valence-corrected chi connectivity index (χ0v) is 7.54. The van der Waals surface area contributed by atoms with Crippen LogP contribution in [0.25, 0.3) is 0 Å². The van der Waals surface area contributed by atoms with Crippen LogP contribution < -0.4 is 0 Å². The summed E-state index contributed by atoms with van der Waals surface area (Å²) in [5, 5.41) is 0. The summed E-state index contributed by atoms with van der Waals surface area (Å²) in [6.45, 7) is 1.68. The van der Waals surface area contributed by atoms with Crippen LogP contribution in [0.2, 0.25) is 0 Å². The number of hydrogen-bond acceptors (Lipinski definition) is 4. The van der Waals surface area contributed by atoms with Crippen LogP contribution in [0.15, 0.2) is 0 Å². The minimum atomic E-state index is -3.21. The number of cyclic esters (lactones) is 1. The summed E-state index contributed by atoms with van der Waals surface area (Å²) in [6, 6.07) is 0. The highest BCUT2D eigenvalue weighted by molar-refractivity contribution is 5.81. The molecule has 1 rings (SSSR count). The quantitative estimate of drug-likeness (QED) is 0.632. The molecule has 6 heteroatoms. The maximum absolute atomic E-state index is 11.8. The zero-order chi connectivity index (χ0) is 10.7. The third-order valence-corrected chi connectivity index (χ3v) is 1.85. The number of alkyl halides is 2. The van der Waals surface area contributed by atoms with E-state index in [0.29, 0.717) is 6.42 Å². The van der Waals surface area contributed by atoms with Crippen molar-refractivity contribution in [1.82, 2.24) is 0 Å². The van der Waals surface area contributed by atoms with Crippen molar-refractivity contribution in [2.45, 2.75) is 38.4 Å². The Hall–Kier alpha value is -1.20. The fourth-order valence-electron chi connectivity index (χ4n) is 1.14. The van der Waals surface area contributed by atoms with Crippen molar-refractivity contribution >= 4 is 11.9 Å². The molecule has 0 bridgehead atoms. The second kappa shape index (κ2) is 4.34. The van der Waals surface area contributed by atoms with Crippen LogP contribution in [0, 0.1) is 0 Å². The Labute approximate surface area is 79.2 Å². The summed E-state index contributed by atoms with van der Waals surface area (Å²) in [4.78, 5) is 21.5. The molecule has 0 aliphatic carbocycles. The molecule has 0 spiro atoms. The van der Waals surface area contributed by atoms with Gasteiger partial charge in [-0.1, -0.05) is 0 Å². The highest BCUT2D eigenvalue weighted by Crippen LogP contribution is 2.17. The highest BCUT2D eigenvalue weighted by Gasteiger charge is 2.33. The maximum atomic E-state index is 11.8. The van der Waals surface area contributed by atoms with E-state index in [4.69, 9.17) is 4.74 Å². The summed E-state index contributed by atoms with van der Waals surface area (Å²) in [5.74, 6) is -2.43.